The number of amides is 4. The van der Waals surface area contributed by atoms with Crippen molar-refractivity contribution in [2.75, 3.05) is 20.7 Å². The second-order valence-corrected chi connectivity index (χ2v) is 9.27. The molecule has 1 fully saturated rings. The monoisotopic (exact) mass is 481 g/mol. The van der Waals surface area contributed by atoms with E-state index in [9.17, 15) is 14.4 Å². The van der Waals surface area contributed by atoms with Gasteiger partial charge in [0.1, 0.15) is 17.8 Å². The Kier molecular flexibility index (Phi) is 5.84. The van der Waals surface area contributed by atoms with Gasteiger partial charge in [-0.05, 0) is 57.8 Å². The average Bonchev–Trinajstić information content (AvgIpc) is 3.11. The summed E-state index contributed by atoms with van der Waals surface area (Å²) in [7, 11) is 3.30. The fourth-order valence-corrected chi connectivity index (χ4v) is 4.80. The summed E-state index contributed by atoms with van der Waals surface area (Å²) in [6.45, 7) is 1.71. The Morgan fingerprint density at radius 3 is 2.47 bits per heavy atom. The van der Waals surface area contributed by atoms with Crippen molar-refractivity contribution < 1.29 is 19.1 Å². The van der Waals surface area contributed by atoms with Gasteiger partial charge in [0.2, 0.25) is 5.91 Å². The number of fused-ring (bicyclic) bond motifs is 2. The van der Waals surface area contributed by atoms with Crippen molar-refractivity contribution in [2.24, 2.45) is 0 Å². The van der Waals surface area contributed by atoms with Crippen molar-refractivity contribution in [3.05, 3.63) is 90.0 Å². The molecule has 4 aromatic carbocycles. The molecule has 0 saturated carbocycles. The van der Waals surface area contributed by atoms with Crippen molar-refractivity contribution in [1.29, 1.82) is 0 Å². The number of ether oxygens (including phenoxy) is 1. The number of rotatable bonds is 6. The summed E-state index contributed by atoms with van der Waals surface area (Å²) in [4.78, 5) is 41.9. The van der Waals surface area contributed by atoms with Crippen LogP contribution in [0.1, 0.15) is 18.1 Å². The van der Waals surface area contributed by atoms with E-state index >= 15 is 0 Å². The first kappa shape index (κ1) is 23.4. The largest absolute Gasteiger partial charge is 0.497 e. The molecular formula is C29H27N3O4. The fraction of sp³-hybridized carbons (Fsp3) is 0.207. The molecule has 5 rings (SSSR count). The number of likely N-dealkylation sites (N-methyl/N-ethyl adjacent to an activating group) is 1. The molecule has 1 unspecified atom stereocenters. The summed E-state index contributed by atoms with van der Waals surface area (Å²) in [6, 6.07) is 24.6. The minimum atomic E-state index is -1.25. The van der Waals surface area contributed by atoms with Crippen LogP contribution in [0.2, 0.25) is 0 Å². The molecule has 1 atom stereocenters. The number of hydrogen-bond donors (Lipinski definition) is 1. The standard InChI is InChI=1S/C29H27N3O4/c1-29(25-10-6-8-20-7-4-5-9-24(20)25)27(34)32(28(35)30-29)18-26(33)31(2)17-19-11-12-22-16-23(36-3)14-13-21(22)15-19/h4-16H,17-18H2,1-3H3,(H,30,35). The van der Waals surface area contributed by atoms with E-state index < -0.39 is 17.5 Å². The van der Waals surface area contributed by atoms with Gasteiger partial charge in [-0.25, -0.2) is 4.79 Å². The zero-order chi connectivity index (χ0) is 25.4. The predicted molar refractivity (Wildman–Crippen MR) is 139 cm³/mol. The van der Waals surface area contributed by atoms with E-state index in [1.54, 1.807) is 21.1 Å². The maximum absolute atomic E-state index is 13.5. The lowest BCUT2D eigenvalue weighted by Gasteiger charge is -2.24. The Morgan fingerprint density at radius 1 is 0.944 bits per heavy atom. The van der Waals surface area contributed by atoms with E-state index in [4.69, 9.17) is 4.74 Å². The molecule has 182 valence electrons. The highest BCUT2D eigenvalue weighted by Crippen LogP contribution is 2.34. The third-order valence-electron chi connectivity index (χ3n) is 6.85. The van der Waals surface area contributed by atoms with Crippen LogP contribution in [0.5, 0.6) is 5.75 Å². The Balaban J connectivity index is 1.32. The summed E-state index contributed by atoms with van der Waals surface area (Å²) < 4.78 is 5.28. The second kappa shape index (κ2) is 9.00. The maximum Gasteiger partial charge on any atom is 0.325 e. The van der Waals surface area contributed by atoms with Crippen molar-refractivity contribution in [2.45, 2.75) is 19.0 Å². The number of carbonyl (C=O) groups is 3. The van der Waals surface area contributed by atoms with Crippen LogP contribution >= 0.6 is 0 Å². The molecule has 0 radical (unpaired) electrons. The van der Waals surface area contributed by atoms with Crippen molar-refractivity contribution >= 4 is 39.4 Å². The first-order valence-electron chi connectivity index (χ1n) is 11.7. The molecule has 7 heteroatoms. The van der Waals surface area contributed by atoms with Gasteiger partial charge in [0, 0.05) is 13.6 Å². The van der Waals surface area contributed by atoms with Gasteiger partial charge in [0.25, 0.3) is 5.91 Å². The summed E-state index contributed by atoms with van der Waals surface area (Å²) in [5, 5.41) is 6.75. The lowest BCUT2D eigenvalue weighted by atomic mass is 9.88. The number of hydrogen-bond acceptors (Lipinski definition) is 4. The first-order valence-corrected chi connectivity index (χ1v) is 11.7. The number of nitrogens with one attached hydrogen (secondary N) is 1. The molecule has 7 nitrogen and oxygen atoms in total. The van der Waals surface area contributed by atoms with E-state index in [1.165, 1.54) is 4.90 Å². The lowest BCUT2D eigenvalue weighted by Crippen LogP contribution is -2.43. The third kappa shape index (κ3) is 4.02. The first-order chi connectivity index (χ1) is 17.3. The molecule has 1 N–H and O–H groups in total. The highest BCUT2D eigenvalue weighted by molar-refractivity contribution is 6.10. The molecule has 0 bridgehead atoms. The molecule has 0 spiro atoms. The number of methoxy groups -OCH3 is 1. The van der Waals surface area contributed by atoms with Gasteiger partial charge in [-0.15, -0.1) is 0 Å². The summed E-state index contributed by atoms with van der Waals surface area (Å²) in [5.74, 6) is 0.0207. The smallest absolute Gasteiger partial charge is 0.325 e. The van der Waals surface area contributed by atoms with E-state index in [2.05, 4.69) is 5.32 Å². The molecule has 1 aliphatic rings. The number of imide groups is 1. The summed E-state index contributed by atoms with van der Waals surface area (Å²) in [5.41, 5.74) is 0.396. The number of benzene rings is 4. The van der Waals surface area contributed by atoms with Gasteiger partial charge in [-0.2, -0.15) is 0 Å². The molecule has 1 heterocycles. The number of carbonyl (C=O) groups excluding carboxylic acids is 3. The van der Waals surface area contributed by atoms with Crippen LogP contribution in [0.15, 0.2) is 78.9 Å². The highest BCUT2D eigenvalue weighted by atomic mass is 16.5. The second-order valence-electron chi connectivity index (χ2n) is 9.27. The zero-order valence-electron chi connectivity index (χ0n) is 20.4. The molecule has 1 saturated heterocycles. The highest BCUT2D eigenvalue weighted by Gasteiger charge is 2.50. The molecule has 0 aliphatic carbocycles. The topological polar surface area (TPSA) is 79.0 Å². The van der Waals surface area contributed by atoms with Gasteiger partial charge in [-0.1, -0.05) is 60.7 Å². The molecule has 4 amide bonds. The average molecular weight is 482 g/mol. The third-order valence-corrected chi connectivity index (χ3v) is 6.85. The van der Waals surface area contributed by atoms with E-state index in [0.717, 1.165) is 37.8 Å². The van der Waals surface area contributed by atoms with Crippen LogP contribution in [0.4, 0.5) is 4.79 Å². The predicted octanol–water partition coefficient (Wildman–Crippen LogP) is 4.43. The zero-order valence-corrected chi connectivity index (χ0v) is 20.4. The van der Waals surface area contributed by atoms with Crippen molar-refractivity contribution in [3.63, 3.8) is 0 Å². The molecular weight excluding hydrogens is 454 g/mol. The van der Waals surface area contributed by atoms with E-state index in [0.29, 0.717) is 12.1 Å². The van der Waals surface area contributed by atoms with Gasteiger partial charge in [-0.3, -0.25) is 14.5 Å². The fourth-order valence-electron chi connectivity index (χ4n) is 4.80. The van der Waals surface area contributed by atoms with Gasteiger partial charge in [0.15, 0.2) is 0 Å². The quantitative estimate of drug-likeness (QED) is 0.414. The van der Waals surface area contributed by atoms with Crippen LogP contribution in [0.25, 0.3) is 21.5 Å². The SMILES string of the molecule is COc1ccc2cc(CN(C)C(=O)CN3C(=O)NC(C)(c4cccc5ccccc45)C3=O)ccc2c1. The molecule has 36 heavy (non-hydrogen) atoms. The van der Waals surface area contributed by atoms with Gasteiger partial charge >= 0.3 is 6.03 Å². The van der Waals surface area contributed by atoms with E-state index in [-0.39, 0.29) is 12.5 Å². The Morgan fingerprint density at radius 2 is 1.67 bits per heavy atom. The van der Waals surface area contributed by atoms with Crippen molar-refractivity contribution in [3.8, 4) is 5.75 Å². The van der Waals surface area contributed by atoms with Gasteiger partial charge in [0.05, 0.1) is 7.11 Å². The normalized spacial score (nSPS) is 17.5. The number of urea groups is 1. The minimum absolute atomic E-state index is 0.324. The van der Waals surface area contributed by atoms with Crippen LogP contribution in [-0.4, -0.2) is 48.3 Å². The lowest BCUT2D eigenvalue weighted by molar-refractivity contribution is -0.138. The Hall–Kier alpha value is -4.39. The van der Waals surface area contributed by atoms with E-state index in [1.807, 2.05) is 78.9 Å². The Bertz CT molecular complexity index is 1510. The minimum Gasteiger partial charge on any atom is -0.497 e. The molecule has 1 aliphatic heterocycles. The molecule has 4 aromatic rings. The van der Waals surface area contributed by atoms with Crippen LogP contribution in [0, 0.1) is 0 Å². The Labute approximate surface area is 209 Å². The van der Waals surface area contributed by atoms with Crippen LogP contribution < -0.4 is 10.1 Å². The maximum atomic E-state index is 13.5. The summed E-state index contributed by atoms with van der Waals surface area (Å²) in [6.07, 6.45) is 0. The summed E-state index contributed by atoms with van der Waals surface area (Å²) >= 11 is 0. The van der Waals surface area contributed by atoms with Crippen LogP contribution in [-0.2, 0) is 21.7 Å². The van der Waals surface area contributed by atoms with Crippen LogP contribution in [0.3, 0.4) is 0 Å². The molecule has 0 aromatic heterocycles. The van der Waals surface area contributed by atoms with Gasteiger partial charge < -0.3 is 15.0 Å². The van der Waals surface area contributed by atoms with Crippen molar-refractivity contribution in [1.82, 2.24) is 15.1 Å². The number of nitrogens with zero attached hydrogens (tertiary/aromatic N) is 2.